The molecular weight excluding hydrogens is 354 g/mol. The molecule has 3 aromatic rings. The van der Waals surface area contributed by atoms with Gasteiger partial charge in [0, 0.05) is 16.7 Å². The standard InChI is InChI=1S/C19H18ClN3O3/c1-10(2)17-16(18(24)19(25)26-4)11(3)21-15-9-14(22-23(15)17)12-6-5-7-13(20)8-12/h5-10H,1-4H3. The van der Waals surface area contributed by atoms with Crippen molar-refractivity contribution in [3.63, 3.8) is 0 Å². The van der Waals surface area contributed by atoms with Gasteiger partial charge in [0.1, 0.15) is 0 Å². The maximum atomic E-state index is 12.5. The van der Waals surface area contributed by atoms with Crippen LogP contribution < -0.4 is 0 Å². The first-order chi connectivity index (χ1) is 12.3. The van der Waals surface area contributed by atoms with Gasteiger partial charge in [0.25, 0.3) is 5.78 Å². The second kappa shape index (κ2) is 6.88. The van der Waals surface area contributed by atoms with Crippen molar-refractivity contribution in [2.75, 3.05) is 7.11 Å². The number of aryl methyl sites for hydroxylation is 1. The molecule has 0 unspecified atom stereocenters. The first-order valence-corrected chi connectivity index (χ1v) is 8.50. The quantitative estimate of drug-likeness (QED) is 0.396. The zero-order valence-corrected chi connectivity index (χ0v) is 15.7. The van der Waals surface area contributed by atoms with Gasteiger partial charge in [0.05, 0.1) is 29.8 Å². The summed E-state index contributed by atoms with van der Waals surface area (Å²) in [5, 5.41) is 5.21. The molecule has 134 valence electrons. The lowest BCUT2D eigenvalue weighted by molar-refractivity contribution is -0.135. The molecule has 0 saturated carbocycles. The van der Waals surface area contributed by atoms with Gasteiger partial charge < -0.3 is 4.74 Å². The normalized spacial score (nSPS) is 11.2. The number of methoxy groups -OCH3 is 1. The Labute approximate surface area is 155 Å². The van der Waals surface area contributed by atoms with Crippen molar-refractivity contribution in [1.82, 2.24) is 14.6 Å². The topological polar surface area (TPSA) is 73.6 Å². The molecule has 0 amide bonds. The molecule has 0 aliphatic rings. The zero-order chi connectivity index (χ0) is 19.0. The molecule has 26 heavy (non-hydrogen) atoms. The van der Waals surface area contributed by atoms with Crippen molar-refractivity contribution >= 4 is 29.0 Å². The van der Waals surface area contributed by atoms with Crippen molar-refractivity contribution in [1.29, 1.82) is 0 Å². The number of carbonyl (C=O) groups excluding carboxylic acids is 2. The maximum absolute atomic E-state index is 12.5. The Hall–Kier alpha value is -2.73. The van der Waals surface area contributed by atoms with E-state index in [2.05, 4.69) is 14.8 Å². The van der Waals surface area contributed by atoms with Crippen LogP contribution in [0.25, 0.3) is 16.9 Å². The van der Waals surface area contributed by atoms with Gasteiger partial charge in [-0.2, -0.15) is 5.10 Å². The van der Waals surface area contributed by atoms with Gasteiger partial charge in [-0.25, -0.2) is 14.3 Å². The van der Waals surface area contributed by atoms with E-state index in [1.165, 1.54) is 7.11 Å². The Morgan fingerprint density at radius 3 is 2.58 bits per heavy atom. The van der Waals surface area contributed by atoms with Crippen molar-refractivity contribution in [2.45, 2.75) is 26.7 Å². The molecule has 2 aromatic heterocycles. The van der Waals surface area contributed by atoms with Gasteiger partial charge in [0.15, 0.2) is 5.65 Å². The van der Waals surface area contributed by atoms with E-state index in [1.807, 2.05) is 38.1 Å². The number of hydrogen-bond donors (Lipinski definition) is 0. The van der Waals surface area contributed by atoms with E-state index < -0.39 is 11.8 Å². The Morgan fingerprint density at radius 1 is 1.23 bits per heavy atom. The van der Waals surface area contributed by atoms with Crippen LogP contribution in [0.1, 0.15) is 41.5 Å². The SMILES string of the molecule is COC(=O)C(=O)c1c(C)nc2cc(-c3cccc(Cl)c3)nn2c1C(C)C. The molecule has 3 rings (SSSR count). The monoisotopic (exact) mass is 371 g/mol. The van der Waals surface area contributed by atoms with Crippen LogP contribution >= 0.6 is 11.6 Å². The van der Waals surface area contributed by atoms with E-state index in [1.54, 1.807) is 17.5 Å². The third kappa shape index (κ3) is 3.08. The van der Waals surface area contributed by atoms with Crippen LogP contribution in [0.3, 0.4) is 0 Å². The minimum Gasteiger partial charge on any atom is -0.463 e. The van der Waals surface area contributed by atoms with Gasteiger partial charge in [0.2, 0.25) is 0 Å². The molecular formula is C19H18ClN3O3. The zero-order valence-electron chi connectivity index (χ0n) is 14.9. The number of carbonyl (C=O) groups is 2. The molecule has 0 aliphatic carbocycles. The number of nitrogens with zero attached hydrogens (tertiary/aromatic N) is 3. The van der Waals surface area contributed by atoms with E-state index in [0.29, 0.717) is 27.8 Å². The third-order valence-corrected chi connectivity index (χ3v) is 4.32. The average Bonchev–Trinajstić information content (AvgIpc) is 3.02. The fraction of sp³-hybridized carbons (Fsp3) is 0.263. The van der Waals surface area contributed by atoms with Crippen molar-refractivity contribution in [3.8, 4) is 11.3 Å². The molecule has 1 aromatic carbocycles. The number of esters is 1. The fourth-order valence-corrected chi connectivity index (χ4v) is 3.13. The number of halogens is 1. The van der Waals surface area contributed by atoms with E-state index in [9.17, 15) is 9.59 Å². The van der Waals surface area contributed by atoms with Gasteiger partial charge in [-0.15, -0.1) is 0 Å². The summed E-state index contributed by atoms with van der Waals surface area (Å²) in [7, 11) is 1.18. The second-order valence-corrected chi connectivity index (χ2v) is 6.68. The Bertz CT molecular complexity index is 1020. The highest BCUT2D eigenvalue weighted by Gasteiger charge is 2.27. The molecule has 0 bridgehead atoms. The molecule has 0 aliphatic heterocycles. The Kier molecular flexibility index (Phi) is 4.78. The summed E-state index contributed by atoms with van der Waals surface area (Å²) >= 11 is 6.07. The summed E-state index contributed by atoms with van der Waals surface area (Å²) in [6.07, 6.45) is 0. The molecule has 0 N–H and O–H groups in total. The van der Waals surface area contributed by atoms with Crippen LogP contribution in [-0.2, 0) is 9.53 Å². The number of rotatable bonds is 4. The number of ether oxygens (including phenoxy) is 1. The van der Waals surface area contributed by atoms with Gasteiger partial charge in [-0.1, -0.05) is 37.6 Å². The molecule has 0 spiro atoms. The highest BCUT2D eigenvalue weighted by atomic mass is 35.5. The van der Waals surface area contributed by atoms with E-state index in [-0.39, 0.29) is 11.5 Å². The minimum atomic E-state index is -0.918. The lowest BCUT2D eigenvalue weighted by Crippen LogP contribution is -2.22. The first-order valence-electron chi connectivity index (χ1n) is 8.12. The highest BCUT2D eigenvalue weighted by molar-refractivity contribution is 6.41. The molecule has 0 fully saturated rings. The van der Waals surface area contributed by atoms with E-state index >= 15 is 0 Å². The summed E-state index contributed by atoms with van der Waals surface area (Å²) < 4.78 is 6.21. The Balaban J connectivity index is 2.28. The number of Topliss-reactive ketones (excluding diaryl/α,β-unsaturated/α-hetero) is 1. The summed E-state index contributed by atoms with van der Waals surface area (Å²) in [6.45, 7) is 5.57. The van der Waals surface area contributed by atoms with Crippen LogP contribution in [0.15, 0.2) is 30.3 Å². The van der Waals surface area contributed by atoms with Gasteiger partial charge in [-0.3, -0.25) is 4.79 Å². The lowest BCUT2D eigenvalue weighted by atomic mass is 9.99. The number of aromatic nitrogens is 3. The van der Waals surface area contributed by atoms with Crippen LogP contribution in [-0.4, -0.2) is 33.5 Å². The fourth-order valence-electron chi connectivity index (χ4n) is 2.94. The van der Waals surface area contributed by atoms with Gasteiger partial charge >= 0.3 is 5.97 Å². The first kappa shape index (κ1) is 18.1. The Morgan fingerprint density at radius 2 is 1.96 bits per heavy atom. The maximum Gasteiger partial charge on any atom is 0.379 e. The van der Waals surface area contributed by atoms with Crippen LogP contribution in [0, 0.1) is 6.92 Å². The van der Waals surface area contributed by atoms with E-state index in [0.717, 1.165) is 5.56 Å². The number of ketones is 1. The summed E-state index contributed by atoms with van der Waals surface area (Å²) in [6, 6.07) is 9.17. The molecule has 0 atom stereocenters. The van der Waals surface area contributed by atoms with Crippen LogP contribution in [0.2, 0.25) is 5.02 Å². The summed E-state index contributed by atoms with van der Waals surface area (Å²) in [4.78, 5) is 28.8. The smallest absolute Gasteiger partial charge is 0.379 e. The number of fused-ring (bicyclic) bond motifs is 1. The number of benzene rings is 1. The van der Waals surface area contributed by atoms with Crippen LogP contribution in [0.4, 0.5) is 0 Å². The van der Waals surface area contributed by atoms with E-state index in [4.69, 9.17) is 11.6 Å². The summed E-state index contributed by atoms with van der Waals surface area (Å²) in [5.74, 6) is -1.70. The minimum absolute atomic E-state index is 0.0603. The van der Waals surface area contributed by atoms with Crippen molar-refractivity contribution < 1.29 is 14.3 Å². The molecule has 7 heteroatoms. The van der Waals surface area contributed by atoms with Crippen molar-refractivity contribution in [2.24, 2.45) is 0 Å². The molecule has 0 radical (unpaired) electrons. The lowest BCUT2D eigenvalue weighted by Gasteiger charge is -2.15. The predicted octanol–water partition coefficient (Wildman–Crippen LogP) is 3.84. The predicted molar refractivity (Wildman–Crippen MR) is 98.6 cm³/mol. The molecule has 2 heterocycles. The molecule has 6 nitrogen and oxygen atoms in total. The number of hydrogen-bond acceptors (Lipinski definition) is 5. The molecule has 0 saturated heterocycles. The summed E-state index contributed by atoms with van der Waals surface area (Å²) in [5.41, 5.74) is 3.45. The van der Waals surface area contributed by atoms with Gasteiger partial charge in [-0.05, 0) is 25.0 Å². The van der Waals surface area contributed by atoms with Crippen molar-refractivity contribution in [3.05, 3.63) is 52.3 Å². The largest absolute Gasteiger partial charge is 0.463 e. The highest BCUT2D eigenvalue weighted by Crippen LogP contribution is 2.28. The second-order valence-electron chi connectivity index (χ2n) is 6.24. The van der Waals surface area contributed by atoms with Crippen LogP contribution in [0.5, 0.6) is 0 Å². The average molecular weight is 372 g/mol. The third-order valence-electron chi connectivity index (χ3n) is 4.08.